The lowest BCUT2D eigenvalue weighted by Gasteiger charge is -2.17. The van der Waals surface area contributed by atoms with E-state index in [0.717, 1.165) is 0 Å². The van der Waals surface area contributed by atoms with Crippen LogP contribution in [0.2, 0.25) is 0 Å². The van der Waals surface area contributed by atoms with Crippen LogP contribution < -0.4 is 14.8 Å². The molecule has 6 nitrogen and oxygen atoms in total. The molecule has 0 bridgehead atoms. The Labute approximate surface area is 135 Å². The number of allylic oxidation sites excluding steroid dienone is 2. The maximum atomic E-state index is 12.4. The molecule has 0 saturated heterocycles. The molecule has 1 rings (SSSR count). The van der Waals surface area contributed by atoms with Crippen molar-refractivity contribution >= 4 is 17.6 Å². The van der Waals surface area contributed by atoms with Crippen LogP contribution in [-0.2, 0) is 4.79 Å². The summed E-state index contributed by atoms with van der Waals surface area (Å²) < 4.78 is 10.4. The van der Waals surface area contributed by atoms with Gasteiger partial charge in [-0.1, -0.05) is 12.2 Å². The number of carbonyl (C=O) groups is 2. The van der Waals surface area contributed by atoms with E-state index in [-0.39, 0.29) is 34.6 Å². The predicted octanol–water partition coefficient (Wildman–Crippen LogP) is 3.11. The van der Waals surface area contributed by atoms with Gasteiger partial charge in [-0.05, 0) is 25.0 Å². The molecular weight excluding hydrogens is 298 g/mol. The molecule has 6 heteroatoms. The first-order chi connectivity index (χ1) is 11.0. The Morgan fingerprint density at radius 3 is 2.26 bits per heavy atom. The van der Waals surface area contributed by atoms with Crippen LogP contribution in [0.4, 0.5) is 5.69 Å². The molecule has 0 spiro atoms. The van der Waals surface area contributed by atoms with Crippen LogP contribution in [0.5, 0.6) is 11.5 Å². The normalized spacial score (nSPS) is 10.0. The van der Waals surface area contributed by atoms with Gasteiger partial charge in [0, 0.05) is 5.92 Å². The summed E-state index contributed by atoms with van der Waals surface area (Å²) in [6, 6.07) is 2.67. The van der Waals surface area contributed by atoms with E-state index in [2.05, 4.69) is 18.5 Å². The number of hydrogen-bond acceptors (Lipinski definition) is 4. The van der Waals surface area contributed by atoms with Gasteiger partial charge in [-0.25, -0.2) is 4.79 Å². The van der Waals surface area contributed by atoms with E-state index in [4.69, 9.17) is 14.6 Å². The minimum Gasteiger partial charge on any atom is -0.493 e. The third kappa shape index (κ3) is 4.60. The Hall–Kier alpha value is -2.76. The molecule has 0 aliphatic rings. The summed E-state index contributed by atoms with van der Waals surface area (Å²) in [6.07, 6.45) is 4.27. The first-order valence-corrected chi connectivity index (χ1v) is 7.00. The van der Waals surface area contributed by atoms with Gasteiger partial charge in [0.05, 0.1) is 25.5 Å². The zero-order valence-corrected chi connectivity index (χ0v) is 13.3. The third-order valence-electron chi connectivity index (χ3n) is 3.26. The second-order valence-corrected chi connectivity index (χ2v) is 4.80. The quantitative estimate of drug-likeness (QED) is 0.683. The van der Waals surface area contributed by atoms with Crippen LogP contribution in [0.25, 0.3) is 0 Å². The van der Waals surface area contributed by atoms with Crippen molar-refractivity contribution in [3.05, 3.63) is 43.0 Å². The van der Waals surface area contributed by atoms with Crippen LogP contribution >= 0.6 is 0 Å². The maximum absolute atomic E-state index is 12.4. The molecule has 0 atom stereocenters. The number of anilines is 1. The molecule has 0 heterocycles. The van der Waals surface area contributed by atoms with Gasteiger partial charge in [0.15, 0.2) is 11.5 Å². The summed E-state index contributed by atoms with van der Waals surface area (Å²) in [5.74, 6) is -1.24. The molecule has 1 aromatic rings. The minimum absolute atomic E-state index is 0.0121. The van der Waals surface area contributed by atoms with Gasteiger partial charge in [0.1, 0.15) is 0 Å². The van der Waals surface area contributed by atoms with E-state index >= 15 is 0 Å². The number of amides is 1. The highest BCUT2D eigenvalue weighted by molar-refractivity contribution is 5.97. The van der Waals surface area contributed by atoms with E-state index in [1.165, 1.54) is 26.4 Å². The average molecular weight is 319 g/mol. The Morgan fingerprint density at radius 1 is 1.22 bits per heavy atom. The van der Waals surface area contributed by atoms with Crippen molar-refractivity contribution < 1.29 is 24.2 Å². The van der Waals surface area contributed by atoms with E-state index in [1.807, 2.05) is 0 Å². The summed E-state index contributed by atoms with van der Waals surface area (Å²) in [4.78, 5) is 23.6. The van der Waals surface area contributed by atoms with E-state index in [1.54, 1.807) is 12.2 Å². The predicted molar refractivity (Wildman–Crippen MR) is 88.3 cm³/mol. The van der Waals surface area contributed by atoms with Gasteiger partial charge in [-0.3, -0.25) is 4.79 Å². The number of nitrogens with one attached hydrogen (secondary N) is 1. The lowest BCUT2D eigenvalue weighted by molar-refractivity contribution is -0.119. The maximum Gasteiger partial charge on any atom is 0.335 e. The van der Waals surface area contributed by atoms with Crippen LogP contribution in [0.15, 0.2) is 37.4 Å². The molecule has 0 unspecified atom stereocenters. The Morgan fingerprint density at radius 2 is 1.83 bits per heavy atom. The molecule has 0 saturated carbocycles. The molecule has 0 aromatic heterocycles. The Bertz CT molecular complexity index is 599. The fourth-order valence-corrected chi connectivity index (χ4v) is 2.13. The monoisotopic (exact) mass is 319 g/mol. The van der Waals surface area contributed by atoms with Crippen molar-refractivity contribution in [3.8, 4) is 11.5 Å². The van der Waals surface area contributed by atoms with Crippen molar-refractivity contribution in [3.63, 3.8) is 0 Å². The fraction of sp³-hybridized carbons (Fsp3) is 0.294. The molecule has 124 valence electrons. The van der Waals surface area contributed by atoms with Crippen molar-refractivity contribution in [2.75, 3.05) is 19.5 Å². The number of carboxylic acids is 1. The van der Waals surface area contributed by atoms with Gasteiger partial charge in [0.25, 0.3) is 0 Å². The SMILES string of the molecule is C=CCC(CC=C)C(=O)Nc1cc(C(=O)O)cc(OC)c1OC. The molecule has 0 aliphatic heterocycles. The number of aromatic carboxylic acids is 1. The standard InChI is InChI=1S/C17H21NO5/c1-5-7-11(8-6-2)16(19)18-13-9-12(17(20)21)10-14(22-3)15(13)23-4/h5-6,9-11H,1-2,7-8H2,3-4H3,(H,18,19)(H,20,21). The van der Waals surface area contributed by atoms with Crippen molar-refractivity contribution in [2.45, 2.75) is 12.8 Å². The zero-order valence-electron chi connectivity index (χ0n) is 13.3. The smallest absolute Gasteiger partial charge is 0.335 e. The highest BCUT2D eigenvalue weighted by atomic mass is 16.5. The van der Waals surface area contributed by atoms with Gasteiger partial charge in [0.2, 0.25) is 5.91 Å². The number of methoxy groups -OCH3 is 2. The Balaban J connectivity index is 3.21. The number of benzene rings is 1. The molecule has 0 fully saturated rings. The summed E-state index contributed by atoms with van der Waals surface area (Å²) in [5, 5.41) is 11.9. The average Bonchev–Trinajstić information content (AvgIpc) is 2.53. The Kier molecular flexibility index (Phi) is 6.86. The molecule has 23 heavy (non-hydrogen) atoms. The first-order valence-electron chi connectivity index (χ1n) is 7.00. The lowest BCUT2D eigenvalue weighted by atomic mass is 10.00. The molecule has 2 N–H and O–H groups in total. The minimum atomic E-state index is -1.13. The highest BCUT2D eigenvalue weighted by Crippen LogP contribution is 2.37. The fourth-order valence-electron chi connectivity index (χ4n) is 2.13. The van der Waals surface area contributed by atoms with Crippen LogP contribution in [-0.4, -0.2) is 31.2 Å². The topological polar surface area (TPSA) is 84.9 Å². The second-order valence-electron chi connectivity index (χ2n) is 4.80. The van der Waals surface area contributed by atoms with Crippen molar-refractivity contribution in [1.82, 2.24) is 0 Å². The van der Waals surface area contributed by atoms with Gasteiger partial charge < -0.3 is 19.9 Å². The summed E-state index contributed by atoms with van der Waals surface area (Å²) in [7, 11) is 2.81. The van der Waals surface area contributed by atoms with Gasteiger partial charge in [-0.2, -0.15) is 0 Å². The van der Waals surface area contributed by atoms with Gasteiger partial charge >= 0.3 is 5.97 Å². The molecule has 0 radical (unpaired) electrons. The number of hydrogen-bond donors (Lipinski definition) is 2. The lowest BCUT2D eigenvalue weighted by Crippen LogP contribution is -2.22. The molecule has 1 aromatic carbocycles. The van der Waals surface area contributed by atoms with E-state index in [0.29, 0.717) is 12.8 Å². The molecule has 1 amide bonds. The van der Waals surface area contributed by atoms with Crippen LogP contribution in [0.1, 0.15) is 23.2 Å². The summed E-state index contributed by atoms with van der Waals surface area (Å²) >= 11 is 0. The third-order valence-corrected chi connectivity index (χ3v) is 3.26. The summed E-state index contributed by atoms with van der Waals surface area (Å²) in [6.45, 7) is 7.27. The molecule has 0 aliphatic carbocycles. The van der Waals surface area contributed by atoms with E-state index < -0.39 is 5.97 Å². The summed E-state index contributed by atoms with van der Waals surface area (Å²) in [5.41, 5.74) is 0.231. The number of ether oxygens (including phenoxy) is 2. The second kappa shape index (κ2) is 8.63. The number of carbonyl (C=O) groups excluding carboxylic acids is 1. The van der Waals surface area contributed by atoms with E-state index in [9.17, 15) is 9.59 Å². The number of rotatable bonds is 9. The van der Waals surface area contributed by atoms with Gasteiger partial charge in [-0.15, -0.1) is 13.2 Å². The highest BCUT2D eigenvalue weighted by Gasteiger charge is 2.21. The van der Waals surface area contributed by atoms with Crippen molar-refractivity contribution in [1.29, 1.82) is 0 Å². The van der Waals surface area contributed by atoms with Crippen LogP contribution in [0, 0.1) is 5.92 Å². The van der Waals surface area contributed by atoms with Crippen LogP contribution in [0.3, 0.4) is 0 Å². The number of carboxylic acid groups (broad SMARTS) is 1. The zero-order chi connectivity index (χ0) is 17.4. The molecular formula is C17H21NO5. The largest absolute Gasteiger partial charge is 0.493 e. The van der Waals surface area contributed by atoms with Crippen molar-refractivity contribution in [2.24, 2.45) is 5.92 Å². The first kappa shape index (κ1) is 18.3.